The molecule has 208 valence electrons. The minimum atomic E-state index is -2.88. The number of hydrogen-bond acceptors (Lipinski definition) is 7. The molecule has 1 N–H and O–H groups in total. The van der Waals surface area contributed by atoms with E-state index in [-0.39, 0.29) is 33.4 Å². The molecule has 7 nitrogen and oxygen atoms in total. The van der Waals surface area contributed by atoms with Crippen molar-refractivity contribution in [3.63, 3.8) is 0 Å². The van der Waals surface area contributed by atoms with Crippen molar-refractivity contribution in [3.8, 4) is 40.0 Å². The fourth-order valence-electron chi connectivity index (χ4n) is 3.19. The number of alkyl halides is 4. The topological polar surface area (TPSA) is 94.4 Å². The lowest BCUT2D eigenvalue weighted by Crippen LogP contribution is -1.95. The van der Waals surface area contributed by atoms with Gasteiger partial charge in [0.05, 0.1) is 16.1 Å². The highest BCUT2D eigenvalue weighted by molar-refractivity contribution is 6.30. The zero-order valence-corrected chi connectivity index (χ0v) is 20.2. The molecule has 0 amide bonds. The summed E-state index contributed by atoms with van der Waals surface area (Å²) in [6, 6.07) is 10.0. The Hall–Kier alpha value is -4.59. The molecule has 0 unspecified atom stereocenters. The average Bonchev–Trinajstić information content (AvgIpc) is 3.57. The summed E-state index contributed by atoms with van der Waals surface area (Å²) in [5.41, 5.74) is -1.82. The van der Waals surface area contributed by atoms with Crippen molar-refractivity contribution < 1.29 is 49.6 Å². The number of hydrogen-bond donors (Lipinski definition) is 1. The van der Waals surface area contributed by atoms with Crippen LogP contribution in [0, 0.1) is 17.5 Å². The van der Waals surface area contributed by atoms with Crippen LogP contribution in [0.25, 0.3) is 22.6 Å². The molecule has 2 aromatic carbocycles. The van der Waals surface area contributed by atoms with Gasteiger partial charge in [0.1, 0.15) is 34.5 Å². The largest absolute Gasteiger partial charge is 0.507 e. The second-order valence-electron chi connectivity index (χ2n) is 7.62. The number of aromatic hydroxyl groups is 1. The van der Waals surface area contributed by atoms with Crippen LogP contribution in [0.3, 0.4) is 0 Å². The van der Waals surface area contributed by atoms with Crippen molar-refractivity contribution in [1.29, 1.82) is 0 Å². The summed E-state index contributed by atoms with van der Waals surface area (Å²) in [6.07, 6.45) is -4.54. The Morgan fingerprint density at radius 1 is 0.750 bits per heavy atom. The summed E-state index contributed by atoms with van der Waals surface area (Å²) < 4.78 is 105. The Morgan fingerprint density at radius 3 is 1.82 bits per heavy atom. The first-order valence-corrected chi connectivity index (χ1v) is 11.2. The third kappa shape index (κ3) is 6.34. The molecule has 0 fully saturated rings. The molecule has 5 rings (SSSR count). The number of ether oxygens (including phenoxy) is 1. The SMILES string of the molecule is Fc1cc(Cl)cnc1Oc1cccc(F)c1-c1cc(C(F)F)no1.Oc1cccc(F)c1-c1cc(C(F)F)no1. The van der Waals surface area contributed by atoms with Crippen molar-refractivity contribution in [2.24, 2.45) is 0 Å². The predicted molar refractivity (Wildman–Crippen MR) is 125 cm³/mol. The van der Waals surface area contributed by atoms with E-state index in [1.807, 2.05) is 0 Å². The van der Waals surface area contributed by atoms with E-state index < -0.39 is 53.3 Å². The summed E-state index contributed by atoms with van der Waals surface area (Å²) in [7, 11) is 0. The fourth-order valence-corrected chi connectivity index (χ4v) is 3.33. The van der Waals surface area contributed by atoms with Crippen LogP contribution < -0.4 is 4.74 Å². The predicted octanol–water partition coefficient (Wildman–Crippen LogP) is 8.52. The van der Waals surface area contributed by atoms with E-state index in [9.17, 15) is 35.8 Å². The number of nitrogens with zero attached hydrogens (tertiary/aromatic N) is 3. The molecule has 3 aromatic heterocycles. The van der Waals surface area contributed by atoms with Gasteiger partial charge in [-0.3, -0.25) is 0 Å². The van der Waals surface area contributed by atoms with Gasteiger partial charge < -0.3 is 18.9 Å². The van der Waals surface area contributed by atoms with Crippen LogP contribution in [-0.4, -0.2) is 20.4 Å². The summed E-state index contributed by atoms with van der Waals surface area (Å²) in [4.78, 5) is 3.65. The lowest BCUT2D eigenvalue weighted by Gasteiger charge is -2.10. The van der Waals surface area contributed by atoms with Gasteiger partial charge in [0.2, 0.25) is 0 Å². The molecule has 0 atom stereocenters. The normalized spacial score (nSPS) is 11.1. The molecule has 0 saturated heterocycles. The molecule has 5 aromatic rings. The number of phenols is 1. The lowest BCUT2D eigenvalue weighted by atomic mass is 10.1. The van der Waals surface area contributed by atoms with E-state index in [0.717, 1.165) is 36.5 Å². The Bertz CT molecular complexity index is 1610. The van der Waals surface area contributed by atoms with Crippen LogP contribution in [-0.2, 0) is 0 Å². The van der Waals surface area contributed by atoms with Gasteiger partial charge in [-0.2, -0.15) is 0 Å². The number of halogens is 8. The highest BCUT2D eigenvalue weighted by atomic mass is 35.5. The van der Waals surface area contributed by atoms with Crippen molar-refractivity contribution in [2.45, 2.75) is 12.9 Å². The Balaban J connectivity index is 0.000000201. The molecule has 0 saturated carbocycles. The summed E-state index contributed by atoms with van der Waals surface area (Å²) in [6.45, 7) is 0. The van der Waals surface area contributed by atoms with Crippen molar-refractivity contribution in [1.82, 2.24) is 15.3 Å². The van der Waals surface area contributed by atoms with Gasteiger partial charge in [-0.15, -0.1) is 0 Å². The molecular formula is C25H13ClF7N3O4. The van der Waals surface area contributed by atoms with Crippen molar-refractivity contribution in [3.05, 3.63) is 94.7 Å². The van der Waals surface area contributed by atoms with E-state index >= 15 is 0 Å². The van der Waals surface area contributed by atoms with E-state index in [1.165, 1.54) is 24.3 Å². The average molecular weight is 588 g/mol. The zero-order chi connectivity index (χ0) is 29.0. The molecular weight excluding hydrogens is 575 g/mol. The maximum absolute atomic E-state index is 14.1. The van der Waals surface area contributed by atoms with Crippen LogP contribution >= 0.6 is 11.6 Å². The van der Waals surface area contributed by atoms with Gasteiger partial charge in [-0.25, -0.2) is 35.7 Å². The minimum absolute atomic E-state index is 0.0520. The first-order chi connectivity index (χ1) is 19.0. The van der Waals surface area contributed by atoms with Gasteiger partial charge in [-0.1, -0.05) is 34.0 Å². The molecule has 0 bridgehead atoms. The molecule has 0 aliphatic heterocycles. The quantitative estimate of drug-likeness (QED) is 0.199. The molecule has 0 radical (unpaired) electrons. The van der Waals surface area contributed by atoms with Gasteiger partial charge in [0.25, 0.3) is 18.7 Å². The highest BCUT2D eigenvalue weighted by Crippen LogP contribution is 2.37. The second-order valence-corrected chi connectivity index (χ2v) is 8.06. The van der Waals surface area contributed by atoms with Crippen LogP contribution in [0.2, 0.25) is 5.02 Å². The molecule has 3 heterocycles. The van der Waals surface area contributed by atoms with E-state index in [1.54, 1.807) is 0 Å². The van der Waals surface area contributed by atoms with Crippen LogP contribution in [0.15, 0.2) is 69.8 Å². The zero-order valence-electron chi connectivity index (χ0n) is 19.5. The van der Waals surface area contributed by atoms with Crippen LogP contribution in [0.4, 0.5) is 30.7 Å². The van der Waals surface area contributed by atoms with E-state index in [0.29, 0.717) is 0 Å². The maximum atomic E-state index is 14.1. The molecule has 0 aliphatic carbocycles. The third-order valence-corrected chi connectivity index (χ3v) is 5.15. The monoisotopic (exact) mass is 587 g/mol. The summed E-state index contributed by atoms with van der Waals surface area (Å²) in [5.74, 6) is -4.00. The van der Waals surface area contributed by atoms with Gasteiger partial charge >= 0.3 is 0 Å². The molecule has 0 spiro atoms. The highest BCUT2D eigenvalue weighted by Gasteiger charge is 2.22. The number of benzene rings is 2. The molecule has 40 heavy (non-hydrogen) atoms. The standard InChI is InChI=1S/C15H7ClF4N2O2.C10H6F3NO2/c16-7-4-9(18)15(21-6-7)23-11-3-1-2-8(17)13(11)12-5-10(14(19)20)22-24-12;11-5-2-1-3-7(15)9(5)8-4-6(10(12)13)14-16-8/h1-6,14H;1-4,10,15H. The second kappa shape index (κ2) is 12.1. The smallest absolute Gasteiger partial charge is 0.283 e. The first-order valence-electron chi connectivity index (χ1n) is 10.8. The van der Waals surface area contributed by atoms with Crippen LogP contribution in [0.5, 0.6) is 17.4 Å². The summed E-state index contributed by atoms with van der Waals surface area (Å²) >= 11 is 5.59. The first kappa shape index (κ1) is 28.4. The molecule has 0 aliphatic rings. The van der Waals surface area contributed by atoms with Crippen molar-refractivity contribution in [2.75, 3.05) is 0 Å². The van der Waals surface area contributed by atoms with Gasteiger partial charge in [0, 0.05) is 18.3 Å². The van der Waals surface area contributed by atoms with Crippen molar-refractivity contribution >= 4 is 11.6 Å². The minimum Gasteiger partial charge on any atom is -0.507 e. The van der Waals surface area contributed by atoms with Crippen LogP contribution in [0.1, 0.15) is 24.2 Å². The lowest BCUT2D eigenvalue weighted by molar-refractivity contribution is 0.140. The third-order valence-electron chi connectivity index (χ3n) is 4.94. The van der Waals surface area contributed by atoms with Gasteiger partial charge in [-0.05, 0) is 30.3 Å². The fraction of sp³-hybridized carbons (Fsp3) is 0.0800. The molecule has 15 heteroatoms. The number of rotatable bonds is 6. The number of aromatic nitrogens is 3. The van der Waals surface area contributed by atoms with E-state index in [4.69, 9.17) is 20.9 Å². The van der Waals surface area contributed by atoms with E-state index in [2.05, 4.69) is 19.8 Å². The maximum Gasteiger partial charge on any atom is 0.283 e. The Morgan fingerprint density at radius 2 is 1.30 bits per heavy atom. The Kier molecular flexibility index (Phi) is 8.58. The summed E-state index contributed by atoms with van der Waals surface area (Å²) in [5, 5.41) is 15.7. The van der Waals surface area contributed by atoms with Gasteiger partial charge in [0.15, 0.2) is 17.3 Å². The Labute approximate surface area is 224 Å². The number of phenolic OH excluding ortho intramolecular Hbond substituents is 1. The number of pyridine rings is 1.